The number of allylic oxidation sites excluding steroid dienone is 1. The Bertz CT molecular complexity index is 437. The smallest absolute Gasteiger partial charge is 0.195 e. The quantitative estimate of drug-likeness (QED) is 0.609. The second kappa shape index (κ2) is 4.87. The Morgan fingerprint density at radius 2 is 2.29 bits per heavy atom. The molecule has 1 aromatic rings. The van der Waals surface area contributed by atoms with E-state index in [0.717, 1.165) is 12.1 Å². The molecule has 0 amide bonds. The Balaban J connectivity index is 2.15. The van der Waals surface area contributed by atoms with E-state index in [1.54, 1.807) is 11.3 Å². The van der Waals surface area contributed by atoms with Crippen LogP contribution < -0.4 is 22.5 Å². The second-order valence-electron chi connectivity index (χ2n) is 4.08. The first kappa shape index (κ1) is 12.1. The highest BCUT2D eigenvalue weighted by Crippen LogP contribution is 2.19. The lowest BCUT2D eigenvalue weighted by Crippen LogP contribution is -2.47. The third-order valence-electron chi connectivity index (χ3n) is 2.53. The van der Waals surface area contributed by atoms with Crippen molar-refractivity contribution >= 4 is 17.3 Å². The van der Waals surface area contributed by atoms with Gasteiger partial charge in [-0.1, -0.05) is 6.07 Å². The van der Waals surface area contributed by atoms with Crippen LogP contribution in [0.3, 0.4) is 0 Å². The standard InChI is InChI=1S/C11H17N5S/c12-4-3-11(14)7-8(15-10(13)16-11)6-9-2-1-5-17-9/h1-2,5,7H,3-4,6,12,14H2,(H3,13,15,16). The number of nitrogens with two attached hydrogens (primary N) is 3. The lowest BCUT2D eigenvalue weighted by atomic mass is 10.0. The van der Waals surface area contributed by atoms with Crippen LogP contribution in [0.2, 0.25) is 0 Å². The summed E-state index contributed by atoms with van der Waals surface area (Å²) in [6, 6.07) is 4.10. The van der Waals surface area contributed by atoms with Crippen LogP contribution in [0.1, 0.15) is 11.3 Å². The Hall–Kier alpha value is -1.37. The van der Waals surface area contributed by atoms with Crippen LogP contribution in [0.4, 0.5) is 0 Å². The van der Waals surface area contributed by atoms with Gasteiger partial charge >= 0.3 is 0 Å². The largest absolute Gasteiger partial charge is 0.370 e. The summed E-state index contributed by atoms with van der Waals surface area (Å²) in [5.41, 5.74) is 17.6. The minimum Gasteiger partial charge on any atom is -0.370 e. The molecular formula is C11H17N5S. The SMILES string of the molecule is NCCC1(N)C=C(Cc2cccs2)NC(N)=N1. The fourth-order valence-electron chi connectivity index (χ4n) is 1.84. The number of nitrogens with one attached hydrogen (secondary N) is 1. The summed E-state index contributed by atoms with van der Waals surface area (Å²) in [5.74, 6) is 0.356. The number of aliphatic imine (C=N–C) groups is 1. The molecule has 0 saturated heterocycles. The maximum Gasteiger partial charge on any atom is 0.195 e. The van der Waals surface area contributed by atoms with Crippen molar-refractivity contribution in [2.45, 2.75) is 18.5 Å². The minimum absolute atomic E-state index is 0.356. The first-order valence-corrected chi connectivity index (χ1v) is 6.35. The molecule has 1 aliphatic rings. The summed E-state index contributed by atoms with van der Waals surface area (Å²) < 4.78 is 0. The molecule has 0 spiro atoms. The topological polar surface area (TPSA) is 102 Å². The lowest BCUT2D eigenvalue weighted by molar-refractivity contribution is 0.501. The van der Waals surface area contributed by atoms with Gasteiger partial charge in [-0.3, -0.25) is 0 Å². The van der Waals surface area contributed by atoms with Gasteiger partial charge in [-0.25, -0.2) is 4.99 Å². The highest BCUT2D eigenvalue weighted by atomic mass is 32.1. The number of hydrogen-bond acceptors (Lipinski definition) is 6. The second-order valence-corrected chi connectivity index (χ2v) is 5.11. The molecule has 2 heterocycles. The van der Waals surface area contributed by atoms with Gasteiger partial charge < -0.3 is 22.5 Å². The zero-order valence-corrected chi connectivity index (χ0v) is 10.3. The van der Waals surface area contributed by atoms with Gasteiger partial charge in [0.05, 0.1) is 0 Å². The summed E-state index contributed by atoms with van der Waals surface area (Å²) in [6.07, 6.45) is 3.29. The van der Waals surface area contributed by atoms with Crippen LogP contribution in [0, 0.1) is 0 Å². The maximum absolute atomic E-state index is 6.12. The molecule has 92 valence electrons. The monoisotopic (exact) mass is 251 g/mol. The molecule has 5 nitrogen and oxygen atoms in total. The lowest BCUT2D eigenvalue weighted by Gasteiger charge is -2.27. The van der Waals surface area contributed by atoms with Crippen molar-refractivity contribution in [3.8, 4) is 0 Å². The van der Waals surface area contributed by atoms with E-state index in [4.69, 9.17) is 17.2 Å². The highest BCUT2D eigenvalue weighted by Gasteiger charge is 2.25. The van der Waals surface area contributed by atoms with E-state index in [1.165, 1.54) is 4.88 Å². The number of thiophene rings is 1. The average Bonchev–Trinajstić information content (AvgIpc) is 2.68. The highest BCUT2D eigenvalue weighted by molar-refractivity contribution is 7.09. The summed E-state index contributed by atoms with van der Waals surface area (Å²) in [7, 11) is 0. The first-order valence-electron chi connectivity index (χ1n) is 5.47. The minimum atomic E-state index is -0.767. The number of rotatable bonds is 4. The zero-order chi connectivity index (χ0) is 12.3. The molecule has 1 atom stereocenters. The Labute approximate surface area is 104 Å². The third kappa shape index (κ3) is 3.06. The van der Waals surface area contributed by atoms with Crippen LogP contribution in [-0.4, -0.2) is 18.2 Å². The van der Waals surface area contributed by atoms with Crippen LogP contribution in [-0.2, 0) is 6.42 Å². The normalized spacial score (nSPS) is 23.9. The molecule has 0 aromatic carbocycles. The predicted octanol–water partition coefficient (Wildman–Crippen LogP) is 0.0962. The molecule has 1 unspecified atom stereocenters. The molecular weight excluding hydrogens is 234 g/mol. The van der Waals surface area contributed by atoms with Crippen molar-refractivity contribution in [2.75, 3.05) is 6.54 Å². The van der Waals surface area contributed by atoms with Gasteiger partial charge in [-0.2, -0.15) is 0 Å². The fourth-order valence-corrected chi connectivity index (χ4v) is 2.57. The number of hydrogen-bond donors (Lipinski definition) is 4. The molecule has 0 aliphatic carbocycles. The fraction of sp³-hybridized carbons (Fsp3) is 0.364. The maximum atomic E-state index is 6.12. The van der Waals surface area contributed by atoms with E-state index in [1.807, 2.05) is 17.5 Å². The van der Waals surface area contributed by atoms with Crippen molar-refractivity contribution in [1.29, 1.82) is 0 Å². The number of nitrogens with zero attached hydrogens (tertiary/aromatic N) is 1. The molecule has 0 fully saturated rings. The predicted molar refractivity (Wildman–Crippen MR) is 71.5 cm³/mol. The van der Waals surface area contributed by atoms with Gasteiger partial charge in [-0.05, 0) is 24.1 Å². The van der Waals surface area contributed by atoms with E-state index in [9.17, 15) is 0 Å². The van der Waals surface area contributed by atoms with E-state index < -0.39 is 5.66 Å². The van der Waals surface area contributed by atoms with Crippen LogP contribution in [0.5, 0.6) is 0 Å². The Morgan fingerprint density at radius 1 is 1.47 bits per heavy atom. The van der Waals surface area contributed by atoms with Gasteiger partial charge in [0.15, 0.2) is 5.96 Å². The van der Waals surface area contributed by atoms with Gasteiger partial charge in [0.1, 0.15) is 5.66 Å². The van der Waals surface area contributed by atoms with E-state index in [-0.39, 0.29) is 0 Å². The van der Waals surface area contributed by atoms with E-state index in [2.05, 4.69) is 16.4 Å². The molecule has 7 N–H and O–H groups in total. The average molecular weight is 251 g/mol. The van der Waals surface area contributed by atoms with Gasteiger partial charge in [0, 0.05) is 23.4 Å². The molecule has 2 rings (SSSR count). The van der Waals surface area contributed by atoms with Crippen molar-refractivity contribution in [3.63, 3.8) is 0 Å². The summed E-state index contributed by atoms with van der Waals surface area (Å²) in [6.45, 7) is 0.482. The summed E-state index contributed by atoms with van der Waals surface area (Å²) in [5, 5.41) is 5.09. The van der Waals surface area contributed by atoms with E-state index >= 15 is 0 Å². The van der Waals surface area contributed by atoms with Gasteiger partial charge in [0.25, 0.3) is 0 Å². The number of guanidine groups is 1. The Morgan fingerprint density at radius 3 is 2.94 bits per heavy atom. The van der Waals surface area contributed by atoms with Crippen LogP contribution in [0.15, 0.2) is 34.3 Å². The van der Waals surface area contributed by atoms with Crippen LogP contribution >= 0.6 is 11.3 Å². The molecule has 6 heteroatoms. The zero-order valence-electron chi connectivity index (χ0n) is 9.52. The summed E-state index contributed by atoms with van der Waals surface area (Å²) in [4.78, 5) is 5.45. The molecule has 0 bridgehead atoms. The van der Waals surface area contributed by atoms with Gasteiger partial charge in [0.2, 0.25) is 0 Å². The summed E-state index contributed by atoms with van der Waals surface area (Å²) >= 11 is 1.70. The van der Waals surface area contributed by atoms with Crippen LogP contribution in [0.25, 0.3) is 0 Å². The molecule has 0 saturated carbocycles. The molecule has 1 aliphatic heterocycles. The van der Waals surface area contributed by atoms with Crippen molar-refractivity contribution < 1.29 is 0 Å². The Kier molecular flexibility index (Phi) is 3.46. The van der Waals surface area contributed by atoms with E-state index in [0.29, 0.717) is 18.9 Å². The molecule has 17 heavy (non-hydrogen) atoms. The molecule has 0 radical (unpaired) electrons. The first-order chi connectivity index (χ1) is 8.11. The van der Waals surface area contributed by atoms with Crippen molar-refractivity contribution in [2.24, 2.45) is 22.2 Å². The third-order valence-corrected chi connectivity index (χ3v) is 3.41. The molecule has 1 aromatic heterocycles. The van der Waals surface area contributed by atoms with Crippen molar-refractivity contribution in [1.82, 2.24) is 5.32 Å². The van der Waals surface area contributed by atoms with Gasteiger partial charge in [-0.15, -0.1) is 11.3 Å². The van der Waals surface area contributed by atoms with Crippen molar-refractivity contribution in [3.05, 3.63) is 34.2 Å².